The van der Waals surface area contributed by atoms with E-state index in [4.69, 9.17) is 4.98 Å². The van der Waals surface area contributed by atoms with Crippen molar-refractivity contribution in [3.05, 3.63) is 89.0 Å². The molecule has 1 saturated heterocycles. The molecule has 3 aromatic carbocycles. The lowest BCUT2D eigenvalue weighted by atomic mass is 10.0. The first-order chi connectivity index (χ1) is 18.3. The SMILES string of the molecule is CCC1CCCCN1S(=O)(=O)c1ccc(C(=O)N(Cc2ccccc2)c2nc3cc(C)c(C)cc3s2)cc1. The average Bonchev–Trinajstić information content (AvgIpc) is 3.34. The van der Waals surface area contributed by atoms with E-state index >= 15 is 0 Å². The lowest BCUT2D eigenvalue weighted by Crippen LogP contribution is -2.43. The molecule has 198 valence electrons. The number of rotatable bonds is 7. The van der Waals surface area contributed by atoms with Crippen LogP contribution >= 0.6 is 11.3 Å². The number of thiazole rings is 1. The maximum absolute atomic E-state index is 13.9. The van der Waals surface area contributed by atoms with Gasteiger partial charge in [-0.1, -0.05) is 55.0 Å². The van der Waals surface area contributed by atoms with Crippen molar-refractivity contribution in [1.29, 1.82) is 0 Å². The Bertz CT molecular complexity index is 1510. The highest BCUT2D eigenvalue weighted by atomic mass is 32.2. The molecule has 0 spiro atoms. The molecule has 1 aliphatic rings. The Morgan fingerprint density at radius 1 is 1.03 bits per heavy atom. The van der Waals surface area contributed by atoms with E-state index in [0.717, 1.165) is 47.0 Å². The second-order valence-electron chi connectivity index (χ2n) is 9.98. The van der Waals surface area contributed by atoms with Crippen molar-refractivity contribution in [3.8, 4) is 0 Å². The maximum Gasteiger partial charge on any atom is 0.260 e. The Labute approximate surface area is 229 Å². The summed E-state index contributed by atoms with van der Waals surface area (Å²) < 4.78 is 29.5. The van der Waals surface area contributed by atoms with Gasteiger partial charge in [0.15, 0.2) is 5.13 Å². The molecule has 1 aromatic heterocycles. The molecule has 1 atom stereocenters. The van der Waals surface area contributed by atoms with Crippen molar-refractivity contribution in [2.45, 2.75) is 63.9 Å². The first kappa shape index (κ1) is 26.5. The van der Waals surface area contributed by atoms with E-state index in [9.17, 15) is 13.2 Å². The van der Waals surface area contributed by atoms with E-state index in [0.29, 0.717) is 23.8 Å². The largest absolute Gasteiger partial charge is 0.279 e. The minimum atomic E-state index is -3.61. The number of fused-ring (bicyclic) bond motifs is 1. The summed E-state index contributed by atoms with van der Waals surface area (Å²) in [5, 5.41) is 0.620. The van der Waals surface area contributed by atoms with Crippen molar-refractivity contribution in [3.63, 3.8) is 0 Å². The Kier molecular flexibility index (Phi) is 7.66. The number of carbonyl (C=O) groups excluding carboxylic acids is 1. The molecular weight excluding hydrogens is 514 g/mol. The topological polar surface area (TPSA) is 70.6 Å². The molecule has 0 aliphatic carbocycles. The van der Waals surface area contributed by atoms with Crippen molar-refractivity contribution in [1.82, 2.24) is 9.29 Å². The van der Waals surface area contributed by atoms with Gasteiger partial charge in [0, 0.05) is 18.2 Å². The Morgan fingerprint density at radius 2 is 1.74 bits per heavy atom. The fourth-order valence-electron chi connectivity index (χ4n) is 5.03. The molecule has 8 heteroatoms. The summed E-state index contributed by atoms with van der Waals surface area (Å²) in [7, 11) is -3.61. The van der Waals surface area contributed by atoms with Gasteiger partial charge in [0.25, 0.3) is 5.91 Å². The van der Waals surface area contributed by atoms with Crippen LogP contribution in [0, 0.1) is 13.8 Å². The van der Waals surface area contributed by atoms with Gasteiger partial charge in [-0.3, -0.25) is 9.69 Å². The van der Waals surface area contributed by atoms with Crippen molar-refractivity contribution >= 4 is 42.6 Å². The number of aromatic nitrogens is 1. The van der Waals surface area contributed by atoms with E-state index < -0.39 is 10.0 Å². The number of carbonyl (C=O) groups is 1. The first-order valence-corrected chi connectivity index (χ1v) is 15.4. The third-order valence-electron chi connectivity index (χ3n) is 7.40. The van der Waals surface area contributed by atoms with Gasteiger partial charge in [0.1, 0.15) is 0 Å². The van der Waals surface area contributed by atoms with Crippen LogP contribution in [0.15, 0.2) is 71.6 Å². The van der Waals surface area contributed by atoms with Gasteiger partial charge in [-0.25, -0.2) is 13.4 Å². The van der Waals surface area contributed by atoms with Crippen LogP contribution in [0.25, 0.3) is 10.2 Å². The molecule has 1 aliphatic heterocycles. The molecule has 5 rings (SSSR count). The number of hydrogen-bond donors (Lipinski definition) is 0. The summed E-state index contributed by atoms with van der Waals surface area (Å²) in [5.41, 5.74) is 4.63. The predicted octanol–water partition coefficient (Wildman–Crippen LogP) is 6.71. The zero-order chi connectivity index (χ0) is 26.9. The monoisotopic (exact) mass is 547 g/mol. The minimum Gasteiger partial charge on any atom is -0.279 e. The Balaban J connectivity index is 1.47. The van der Waals surface area contributed by atoms with Gasteiger partial charge in [0.05, 0.1) is 21.7 Å². The van der Waals surface area contributed by atoms with Gasteiger partial charge in [0.2, 0.25) is 10.0 Å². The van der Waals surface area contributed by atoms with Gasteiger partial charge < -0.3 is 0 Å². The van der Waals surface area contributed by atoms with E-state index in [1.54, 1.807) is 33.5 Å². The smallest absolute Gasteiger partial charge is 0.260 e. The molecule has 38 heavy (non-hydrogen) atoms. The lowest BCUT2D eigenvalue weighted by Gasteiger charge is -2.34. The molecule has 2 heterocycles. The third kappa shape index (κ3) is 5.25. The fourth-order valence-corrected chi connectivity index (χ4v) is 7.85. The van der Waals surface area contributed by atoms with Crippen LogP contribution in [0.2, 0.25) is 0 Å². The second kappa shape index (κ2) is 11.0. The zero-order valence-corrected chi connectivity index (χ0v) is 23.7. The van der Waals surface area contributed by atoms with Gasteiger partial charge >= 0.3 is 0 Å². The quantitative estimate of drug-likeness (QED) is 0.258. The van der Waals surface area contributed by atoms with Crippen LogP contribution in [-0.4, -0.2) is 36.2 Å². The van der Waals surface area contributed by atoms with E-state index in [1.807, 2.05) is 37.3 Å². The van der Waals surface area contributed by atoms with Crippen LogP contribution in [0.1, 0.15) is 59.7 Å². The number of sulfonamides is 1. The molecule has 1 amide bonds. The van der Waals surface area contributed by atoms with Gasteiger partial charge in [-0.05, 0) is 86.2 Å². The first-order valence-electron chi connectivity index (χ1n) is 13.1. The normalized spacial score (nSPS) is 16.6. The molecular formula is C30H33N3O3S2. The van der Waals surface area contributed by atoms with Crippen LogP contribution in [0.3, 0.4) is 0 Å². The number of benzene rings is 3. The van der Waals surface area contributed by atoms with Crippen LogP contribution in [0.4, 0.5) is 5.13 Å². The molecule has 0 bridgehead atoms. The number of anilines is 1. The highest BCUT2D eigenvalue weighted by molar-refractivity contribution is 7.89. The van der Waals surface area contributed by atoms with Crippen LogP contribution in [-0.2, 0) is 16.6 Å². The Morgan fingerprint density at radius 3 is 2.45 bits per heavy atom. The summed E-state index contributed by atoms with van der Waals surface area (Å²) in [4.78, 5) is 20.6. The number of amides is 1. The highest BCUT2D eigenvalue weighted by Gasteiger charge is 2.32. The van der Waals surface area contributed by atoms with Crippen molar-refractivity contribution < 1.29 is 13.2 Å². The molecule has 1 unspecified atom stereocenters. The number of piperidine rings is 1. The number of nitrogens with zero attached hydrogens (tertiary/aromatic N) is 3. The van der Waals surface area contributed by atoms with Gasteiger partial charge in [-0.2, -0.15) is 4.31 Å². The molecule has 1 fully saturated rings. The van der Waals surface area contributed by atoms with Crippen LogP contribution in [0.5, 0.6) is 0 Å². The predicted molar refractivity (Wildman–Crippen MR) is 154 cm³/mol. The molecule has 0 saturated carbocycles. The van der Waals surface area contributed by atoms with Crippen molar-refractivity contribution in [2.24, 2.45) is 0 Å². The average molecular weight is 548 g/mol. The number of hydrogen-bond acceptors (Lipinski definition) is 5. The summed E-state index contributed by atoms with van der Waals surface area (Å²) in [6.07, 6.45) is 3.62. The summed E-state index contributed by atoms with van der Waals surface area (Å²) in [6.45, 7) is 7.07. The number of aryl methyl sites for hydroxylation is 2. The zero-order valence-electron chi connectivity index (χ0n) is 22.1. The van der Waals surface area contributed by atoms with E-state index in [-0.39, 0.29) is 16.8 Å². The second-order valence-corrected chi connectivity index (χ2v) is 12.9. The van der Waals surface area contributed by atoms with Crippen molar-refractivity contribution in [2.75, 3.05) is 11.4 Å². The highest BCUT2D eigenvalue weighted by Crippen LogP contribution is 2.33. The summed E-state index contributed by atoms with van der Waals surface area (Å²) in [5.74, 6) is -0.213. The molecule has 4 aromatic rings. The standard InChI is InChI=1S/C30H33N3O3S2/c1-4-25-12-8-9-17-33(25)38(35,36)26-15-13-24(14-16-26)29(34)32(20-23-10-6-5-7-11-23)30-31-27-18-21(2)22(3)19-28(27)37-30/h5-7,10-11,13-16,18-19,25H,4,8-9,12,17,20H2,1-3H3. The summed E-state index contributed by atoms with van der Waals surface area (Å²) >= 11 is 1.49. The van der Waals surface area contributed by atoms with E-state index in [1.165, 1.54) is 16.9 Å². The lowest BCUT2D eigenvalue weighted by molar-refractivity contribution is 0.0985. The maximum atomic E-state index is 13.9. The molecule has 0 radical (unpaired) electrons. The molecule has 0 N–H and O–H groups in total. The minimum absolute atomic E-state index is 0.0303. The van der Waals surface area contributed by atoms with Crippen LogP contribution < -0.4 is 4.90 Å². The fraction of sp³-hybridized carbons (Fsp3) is 0.333. The molecule has 6 nitrogen and oxygen atoms in total. The Hall–Kier alpha value is -3.07. The van der Waals surface area contributed by atoms with E-state index in [2.05, 4.69) is 26.0 Å². The van der Waals surface area contributed by atoms with Gasteiger partial charge in [-0.15, -0.1) is 0 Å². The summed E-state index contributed by atoms with van der Waals surface area (Å²) in [6, 6.07) is 20.4. The third-order valence-corrected chi connectivity index (χ3v) is 10.4.